The molecule has 0 amide bonds. The van der Waals surface area contributed by atoms with Crippen molar-refractivity contribution in [2.75, 3.05) is 7.11 Å². The van der Waals surface area contributed by atoms with E-state index in [4.69, 9.17) is 21.4 Å². The Morgan fingerprint density at radius 3 is 2.62 bits per heavy atom. The summed E-state index contributed by atoms with van der Waals surface area (Å²) in [5.74, 6) is -0.214. The molecule has 0 unspecified atom stereocenters. The molecule has 0 heterocycles. The van der Waals surface area contributed by atoms with E-state index in [-0.39, 0.29) is 23.3 Å². The van der Waals surface area contributed by atoms with Gasteiger partial charge in [0, 0.05) is 24.5 Å². The molecule has 3 nitrogen and oxygen atoms in total. The molecule has 0 bridgehead atoms. The van der Waals surface area contributed by atoms with E-state index in [0.29, 0.717) is 5.92 Å². The van der Waals surface area contributed by atoms with E-state index < -0.39 is 5.97 Å². The Labute approximate surface area is 101 Å². The van der Waals surface area contributed by atoms with Gasteiger partial charge in [-0.05, 0) is 18.3 Å². The summed E-state index contributed by atoms with van der Waals surface area (Å²) in [4.78, 5) is 10.5. The maximum absolute atomic E-state index is 10.5. The molecule has 0 aromatic rings. The van der Waals surface area contributed by atoms with Crippen molar-refractivity contribution in [3.05, 3.63) is 12.2 Å². The van der Waals surface area contributed by atoms with Gasteiger partial charge in [-0.3, -0.25) is 0 Å². The minimum absolute atomic E-state index is 0.0654. The lowest BCUT2D eigenvalue weighted by Gasteiger charge is -2.40. The van der Waals surface area contributed by atoms with Crippen molar-refractivity contribution in [3.63, 3.8) is 0 Å². The van der Waals surface area contributed by atoms with Gasteiger partial charge in [0.15, 0.2) is 0 Å². The van der Waals surface area contributed by atoms with E-state index in [0.717, 1.165) is 6.42 Å². The zero-order valence-corrected chi connectivity index (χ0v) is 10.6. The van der Waals surface area contributed by atoms with Gasteiger partial charge in [-0.15, -0.1) is 11.6 Å². The Bertz CT molecular complexity index is 275. The van der Waals surface area contributed by atoms with Gasteiger partial charge in [0.05, 0.1) is 6.10 Å². The van der Waals surface area contributed by atoms with Gasteiger partial charge in [0.1, 0.15) is 0 Å². The molecule has 0 aliphatic heterocycles. The van der Waals surface area contributed by atoms with Crippen molar-refractivity contribution >= 4 is 17.6 Å². The predicted octanol–water partition coefficient (Wildman–Crippen LogP) is 2.54. The number of carboxylic acids is 1. The minimum atomic E-state index is -0.924. The van der Waals surface area contributed by atoms with Crippen molar-refractivity contribution in [2.24, 2.45) is 17.8 Å². The number of ether oxygens (including phenoxy) is 1. The Kier molecular flexibility index (Phi) is 4.81. The Balaban J connectivity index is 2.81. The van der Waals surface area contributed by atoms with E-state index in [9.17, 15) is 4.79 Å². The van der Waals surface area contributed by atoms with Crippen molar-refractivity contribution in [2.45, 2.75) is 31.7 Å². The lowest BCUT2D eigenvalue weighted by Crippen LogP contribution is -2.41. The lowest BCUT2D eigenvalue weighted by molar-refractivity contribution is -0.131. The highest BCUT2D eigenvalue weighted by atomic mass is 35.5. The second-order valence-electron chi connectivity index (χ2n) is 4.57. The number of alkyl halides is 1. The van der Waals surface area contributed by atoms with Crippen LogP contribution in [0.3, 0.4) is 0 Å². The number of carbonyl (C=O) groups is 1. The number of rotatable bonds is 3. The molecule has 0 aromatic heterocycles. The molecule has 0 aromatic carbocycles. The molecule has 1 N–H and O–H groups in total. The fourth-order valence-corrected chi connectivity index (χ4v) is 2.74. The highest BCUT2D eigenvalue weighted by molar-refractivity contribution is 6.21. The van der Waals surface area contributed by atoms with E-state index in [1.807, 2.05) is 0 Å². The molecule has 0 radical (unpaired) electrons. The average molecular weight is 247 g/mol. The molecule has 1 fully saturated rings. The fourth-order valence-electron chi connectivity index (χ4n) is 2.47. The smallest absolute Gasteiger partial charge is 0.327 e. The van der Waals surface area contributed by atoms with Crippen LogP contribution in [0, 0.1) is 17.8 Å². The summed E-state index contributed by atoms with van der Waals surface area (Å²) in [5.41, 5.74) is 0. The molecule has 16 heavy (non-hydrogen) atoms. The summed E-state index contributed by atoms with van der Waals surface area (Å²) in [6.07, 6.45) is 3.84. The Morgan fingerprint density at radius 1 is 1.50 bits per heavy atom. The lowest BCUT2D eigenvalue weighted by atomic mass is 9.73. The normalized spacial score (nSPS) is 40.1. The van der Waals surface area contributed by atoms with Crippen molar-refractivity contribution in [1.82, 2.24) is 0 Å². The third kappa shape index (κ3) is 2.98. The molecular weight excluding hydrogens is 228 g/mol. The van der Waals surface area contributed by atoms with Crippen LogP contribution in [-0.4, -0.2) is 29.7 Å². The first-order chi connectivity index (χ1) is 7.47. The molecule has 4 heteroatoms. The van der Waals surface area contributed by atoms with Gasteiger partial charge in [0.2, 0.25) is 0 Å². The maximum atomic E-state index is 10.5. The zero-order chi connectivity index (χ0) is 12.3. The predicted molar refractivity (Wildman–Crippen MR) is 63.6 cm³/mol. The van der Waals surface area contributed by atoms with Crippen molar-refractivity contribution in [3.8, 4) is 0 Å². The number of methoxy groups -OCH3 is 1. The quantitative estimate of drug-likeness (QED) is 0.615. The summed E-state index contributed by atoms with van der Waals surface area (Å²) in [6, 6.07) is 0. The van der Waals surface area contributed by atoms with Crippen LogP contribution in [0.4, 0.5) is 0 Å². The standard InChI is InChI=1S/C12H19ClO3/c1-7-6-10(16-3)9(4-5-11(14)15)8(2)12(7)13/h4-5,7-10,12H,6H2,1-3H3,(H,14,15)/b5-4+/t7-,8+,9-,10+,12-/m1/s1. The van der Waals surface area contributed by atoms with Crippen LogP contribution in [0.5, 0.6) is 0 Å². The van der Waals surface area contributed by atoms with Gasteiger partial charge in [-0.1, -0.05) is 19.9 Å². The second kappa shape index (κ2) is 5.69. The van der Waals surface area contributed by atoms with Crippen LogP contribution in [0.2, 0.25) is 0 Å². The van der Waals surface area contributed by atoms with E-state index >= 15 is 0 Å². The third-order valence-electron chi connectivity index (χ3n) is 3.45. The van der Waals surface area contributed by atoms with Crippen LogP contribution in [0.25, 0.3) is 0 Å². The largest absolute Gasteiger partial charge is 0.478 e. The molecule has 1 aliphatic rings. The molecule has 0 spiro atoms. The van der Waals surface area contributed by atoms with Gasteiger partial charge in [-0.2, -0.15) is 0 Å². The molecule has 1 rings (SSSR count). The average Bonchev–Trinajstić information content (AvgIpc) is 2.23. The Hall–Kier alpha value is -0.540. The van der Waals surface area contributed by atoms with E-state index in [2.05, 4.69) is 13.8 Å². The van der Waals surface area contributed by atoms with Crippen molar-refractivity contribution in [1.29, 1.82) is 0 Å². The molecule has 0 saturated heterocycles. The summed E-state index contributed by atoms with van der Waals surface area (Å²) in [6.45, 7) is 4.16. The van der Waals surface area contributed by atoms with E-state index in [1.54, 1.807) is 13.2 Å². The van der Waals surface area contributed by atoms with Crippen molar-refractivity contribution < 1.29 is 14.6 Å². The number of halogens is 1. The molecular formula is C12H19ClO3. The highest BCUT2D eigenvalue weighted by Crippen LogP contribution is 2.39. The zero-order valence-electron chi connectivity index (χ0n) is 9.89. The third-order valence-corrected chi connectivity index (χ3v) is 4.28. The number of aliphatic carboxylic acids is 1. The minimum Gasteiger partial charge on any atom is -0.478 e. The highest BCUT2D eigenvalue weighted by Gasteiger charge is 2.38. The van der Waals surface area contributed by atoms with Gasteiger partial charge < -0.3 is 9.84 Å². The van der Waals surface area contributed by atoms with E-state index in [1.165, 1.54) is 6.08 Å². The first kappa shape index (κ1) is 13.5. The summed E-state index contributed by atoms with van der Waals surface area (Å²) < 4.78 is 5.42. The number of carboxylic acid groups (broad SMARTS) is 1. The summed E-state index contributed by atoms with van der Waals surface area (Å²) in [7, 11) is 1.67. The second-order valence-corrected chi connectivity index (χ2v) is 5.07. The molecule has 1 saturated carbocycles. The monoisotopic (exact) mass is 246 g/mol. The number of hydrogen-bond donors (Lipinski definition) is 1. The van der Waals surface area contributed by atoms with Crippen LogP contribution in [0.15, 0.2) is 12.2 Å². The SMILES string of the molecule is CO[C@H]1C[C@@H](C)[C@@H](Cl)[C@@H](C)[C@H]1/C=C/C(=O)O. The fraction of sp³-hybridized carbons (Fsp3) is 0.750. The Morgan fingerprint density at radius 2 is 2.12 bits per heavy atom. The van der Waals surface area contributed by atoms with Gasteiger partial charge in [-0.25, -0.2) is 4.79 Å². The molecule has 1 aliphatic carbocycles. The first-order valence-corrected chi connectivity index (χ1v) is 5.99. The van der Waals surface area contributed by atoms with Crippen LogP contribution >= 0.6 is 11.6 Å². The maximum Gasteiger partial charge on any atom is 0.327 e. The van der Waals surface area contributed by atoms with Gasteiger partial charge in [0.25, 0.3) is 0 Å². The number of hydrogen-bond acceptors (Lipinski definition) is 2. The first-order valence-electron chi connectivity index (χ1n) is 5.55. The molecule has 92 valence electrons. The topological polar surface area (TPSA) is 46.5 Å². The summed E-state index contributed by atoms with van der Waals surface area (Å²) >= 11 is 6.31. The van der Waals surface area contributed by atoms with Crippen LogP contribution in [0.1, 0.15) is 20.3 Å². The van der Waals surface area contributed by atoms with Crippen LogP contribution in [-0.2, 0) is 9.53 Å². The summed E-state index contributed by atoms with van der Waals surface area (Å²) in [5, 5.41) is 8.73. The molecule has 5 atom stereocenters. The van der Waals surface area contributed by atoms with Gasteiger partial charge >= 0.3 is 5.97 Å². The van der Waals surface area contributed by atoms with Crippen LogP contribution < -0.4 is 0 Å².